The van der Waals surface area contributed by atoms with Crippen LogP contribution in [0.1, 0.15) is 12.5 Å². The summed E-state index contributed by atoms with van der Waals surface area (Å²) in [5.74, 6) is 2.09. The number of methoxy groups -OCH3 is 1. The zero-order chi connectivity index (χ0) is 18.7. The molecule has 3 rings (SSSR count). The predicted molar refractivity (Wildman–Crippen MR) is 105 cm³/mol. The third-order valence-electron chi connectivity index (χ3n) is 3.77. The van der Waals surface area contributed by atoms with Gasteiger partial charge in [-0.15, -0.1) is 0 Å². The molecule has 0 aliphatic rings. The summed E-state index contributed by atoms with van der Waals surface area (Å²) in [7, 11) is 1.63. The molecule has 4 N–H and O–H groups in total. The highest BCUT2D eigenvalue weighted by Gasteiger charge is 2.10. The van der Waals surface area contributed by atoms with Gasteiger partial charge in [-0.1, -0.05) is 18.2 Å². The van der Waals surface area contributed by atoms with Crippen molar-refractivity contribution in [1.82, 2.24) is 9.97 Å². The van der Waals surface area contributed by atoms with Crippen molar-refractivity contribution in [2.45, 2.75) is 13.8 Å². The van der Waals surface area contributed by atoms with Crippen LogP contribution in [0.2, 0.25) is 0 Å². The number of aromatic nitrogens is 2. The number of amidine groups is 1. The minimum Gasteiger partial charge on any atom is -0.497 e. The van der Waals surface area contributed by atoms with Crippen LogP contribution in [0, 0.1) is 6.92 Å². The largest absolute Gasteiger partial charge is 0.497 e. The summed E-state index contributed by atoms with van der Waals surface area (Å²) < 4.78 is 5.30. The Balaban J connectivity index is 2.23. The first kappa shape index (κ1) is 17.4. The molecule has 6 nitrogen and oxygen atoms in total. The topological polar surface area (TPSA) is 99.4 Å². The van der Waals surface area contributed by atoms with E-state index in [1.165, 1.54) is 0 Å². The van der Waals surface area contributed by atoms with Gasteiger partial charge in [0.05, 0.1) is 12.6 Å². The number of ether oxygens (including phenoxy) is 1. The summed E-state index contributed by atoms with van der Waals surface area (Å²) in [5.41, 5.74) is 15.0. The smallest absolute Gasteiger partial charge is 0.166 e. The van der Waals surface area contributed by atoms with Gasteiger partial charge in [0.1, 0.15) is 11.6 Å². The van der Waals surface area contributed by atoms with Crippen molar-refractivity contribution in [2.24, 2.45) is 16.5 Å². The molecule has 1 heterocycles. The van der Waals surface area contributed by atoms with Crippen molar-refractivity contribution in [1.29, 1.82) is 0 Å². The van der Waals surface area contributed by atoms with Gasteiger partial charge >= 0.3 is 0 Å². The van der Waals surface area contributed by atoms with Gasteiger partial charge in [-0.2, -0.15) is 0 Å². The fourth-order valence-electron chi connectivity index (χ4n) is 2.59. The van der Waals surface area contributed by atoms with E-state index in [0.717, 1.165) is 27.8 Å². The molecule has 0 fully saturated rings. The Kier molecular flexibility index (Phi) is 4.84. The predicted octanol–water partition coefficient (Wildman–Crippen LogP) is 3.47. The van der Waals surface area contributed by atoms with Gasteiger partial charge in [0.2, 0.25) is 0 Å². The molecular formula is C20H21N5O. The second kappa shape index (κ2) is 7.23. The van der Waals surface area contributed by atoms with Gasteiger partial charge in [0.25, 0.3) is 0 Å². The molecule has 1 aromatic heterocycles. The zero-order valence-electron chi connectivity index (χ0n) is 15.0. The Bertz CT molecular complexity index is 1020. The average molecular weight is 347 g/mol. The van der Waals surface area contributed by atoms with E-state index in [-0.39, 0.29) is 0 Å². The van der Waals surface area contributed by atoms with Crippen LogP contribution < -0.4 is 16.2 Å². The average Bonchev–Trinajstić information content (AvgIpc) is 2.60. The summed E-state index contributed by atoms with van der Waals surface area (Å²) in [6.07, 6.45) is 1.60. The van der Waals surface area contributed by atoms with Crippen LogP contribution in [0.3, 0.4) is 0 Å². The van der Waals surface area contributed by atoms with E-state index in [1.807, 2.05) is 49.4 Å². The third-order valence-corrected chi connectivity index (χ3v) is 3.77. The number of nitrogens with two attached hydrogens (primary N) is 2. The van der Waals surface area contributed by atoms with Crippen molar-refractivity contribution < 1.29 is 4.74 Å². The Labute approximate surface area is 152 Å². The highest BCUT2D eigenvalue weighted by Crippen LogP contribution is 2.29. The Morgan fingerprint density at radius 2 is 1.92 bits per heavy atom. The number of hydrogen-bond donors (Lipinski definition) is 2. The van der Waals surface area contributed by atoms with Crippen LogP contribution in [-0.4, -0.2) is 22.9 Å². The lowest BCUT2D eigenvalue weighted by molar-refractivity contribution is 0.415. The van der Waals surface area contributed by atoms with Crippen molar-refractivity contribution >= 4 is 22.6 Å². The molecular weight excluding hydrogens is 326 g/mol. The maximum Gasteiger partial charge on any atom is 0.166 e. The van der Waals surface area contributed by atoms with Gasteiger partial charge in [-0.05, 0) is 49.8 Å². The lowest BCUT2D eigenvalue weighted by Crippen LogP contribution is -2.10. The maximum absolute atomic E-state index is 5.98. The van der Waals surface area contributed by atoms with Gasteiger partial charge < -0.3 is 16.2 Å². The number of nitrogens with zero attached hydrogens (tertiary/aromatic N) is 3. The van der Waals surface area contributed by atoms with E-state index in [9.17, 15) is 0 Å². The normalized spacial score (nSPS) is 12.4. The van der Waals surface area contributed by atoms with Crippen molar-refractivity contribution in [2.75, 3.05) is 7.11 Å². The number of aryl methyl sites for hydroxylation is 1. The molecule has 0 spiro atoms. The van der Waals surface area contributed by atoms with Gasteiger partial charge in [-0.3, -0.25) is 0 Å². The maximum atomic E-state index is 5.98. The summed E-state index contributed by atoms with van der Waals surface area (Å²) in [6.45, 7) is 3.77. The molecule has 6 heteroatoms. The lowest BCUT2D eigenvalue weighted by Gasteiger charge is -2.08. The minimum atomic E-state index is 0.294. The summed E-state index contributed by atoms with van der Waals surface area (Å²) in [4.78, 5) is 13.8. The van der Waals surface area contributed by atoms with E-state index in [1.54, 1.807) is 20.1 Å². The molecule has 0 saturated carbocycles. The molecule has 132 valence electrons. The van der Waals surface area contributed by atoms with Crippen molar-refractivity contribution in [3.8, 4) is 17.1 Å². The molecule has 0 aliphatic heterocycles. The molecule has 0 bridgehead atoms. The Morgan fingerprint density at radius 1 is 1.12 bits per heavy atom. The molecule has 0 aliphatic carbocycles. The molecule has 2 aromatic carbocycles. The zero-order valence-corrected chi connectivity index (χ0v) is 15.0. The fraction of sp³-hybridized carbons (Fsp3) is 0.150. The Hall–Kier alpha value is -3.41. The SMILES string of the molecule is COc1cccc(-c2nc(N=C(N)/C=C(/C)N)c3ccc(C)cc3n2)c1. The van der Waals surface area contributed by atoms with Crippen LogP contribution in [0.4, 0.5) is 5.82 Å². The Morgan fingerprint density at radius 3 is 2.65 bits per heavy atom. The molecule has 0 radical (unpaired) electrons. The standard InChI is InChI=1S/C20H21N5O/c1-12-7-8-16-17(9-12)23-19(14-5-4-6-15(11-14)26-3)25-20(16)24-18(22)10-13(2)21/h4-11H,21H2,1-3H3,(H2,22,23,24,25)/b13-10-. The van der Waals surface area contributed by atoms with E-state index >= 15 is 0 Å². The summed E-state index contributed by atoms with van der Waals surface area (Å²) >= 11 is 0. The second-order valence-electron chi connectivity index (χ2n) is 6.05. The number of fused-ring (bicyclic) bond motifs is 1. The van der Waals surface area contributed by atoms with Crippen molar-refractivity contribution in [3.63, 3.8) is 0 Å². The number of benzene rings is 2. The molecule has 0 unspecified atom stereocenters. The van der Waals surface area contributed by atoms with Crippen LogP contribution in [-0.2, 0) is 0 Å². The first-order valence-electron chi connectivity index (χ1n) is 8.17. The molecule has 0 saturated heterocycles. The second-order valence-corrected chi connectivity index (χ2v) is 6.05. The highest BCUT2D eigenvalue weighted by atomic mass is 16.5. The number of aliphatic imine (C=N–C) groups is 1. The van der Waals surface area contributed by atoms with Crippen molar-refractivity contribution in [3.05, 3.63) is 59.8 Å². The van der Waals surface area contributed by atoms with Gasteiger partial charge in [0.15, 0.2) is 11.6 Å². The lowest BCUT2D eigenvalue weighted by atomic mass is 10.1. The first-order valence-corrected chi connectivity index (χ1v) is 8.17. The number of hydrogen-bond acceptors (Lipinski definition) is 5. The molecule has 3 aromatic rings. The van der Waals surface area contributed by atoms with Crippen LogP contribution in [0.5, 0.6) is 5.75 Å². The molecule has 0 amide bonds. The molecule has 26 heavy (non-hydrogen) atoms. The summed E-state index contributed by atoms with van der Waals surface area (Å²) in [5, 5.41) is 0.827. The van der Waals surface area contributed by atoms with Gasteiger partial charge in [0, 0.05) is 16.6 Å². The monoisotopic (exact) mass is 347 g/mol. The van der Waals surface area contributed by atoms with Crippen LogP contribution >= 0.6 is 0 Å². The van der Waals surface area contributed by atoms with E-state index in [0.29, 0.717) is 23.2 Å². The van der Waals surface area contributed by atoms with E-state index < -0.39 is 0 Å². The summed E-state index contributed by atoms with van der Waals surface area (Å²) in [6, 6.07) is 13.5. The molecule has 0 atom stereocenters. The first-order chi connectivity index (χ1) is 12.5. The number of rotatable bonds is 4. The fourth-order valence-corrected chi connectivity index (χ4v) is 2.59. The van der Waals surface area contributed by atoms with Gasteiger partial charge in [-0.25, -0.2) is 15.0 Å². The van der Waals surface area contributed by atoms with Crippen LogP contribution in [0.15, 0.2) is 59.2 Å². The van der Waals surface area contributed by atoms with E-state index in [4.69, 9.17) is 21.2 Å². The van der Waals surface area contributed by atoms with Crippen LogP contribution in [0.25, 0.3) is 22.3 Å². The quantitative estimate of drug-likeness (QED) is 0.556. The third kappa shape index (κ3) is 3.80. The minimum absolute atomic E-state index is 0.294. The highest BCUT2D eigenvalue weighted by molar-refractivity contribution is 5.98. The van der Waals surface area contributed by atoms with E-state index in [2.05, 4.69) is 9.98 Å². The number of allylic oxidation sites excluding steroid dienone is 1.